The number of aldehydes is 1. The van der Waals surface area contributed by atoms with Crippen molar-refractivity contribution < 1.29 is 18.0 Å². The second-order valence-corrected chi connectivity index (χ2v) is 4.87. The van der Waals surface area contributed by atoms with E-state index >= 15 is 0 Å². The van der Waals surface area contributed by atoms with E-state index in [-0.39, 0.29) is 24.1 Å². The Balaban J connectivity index is 2.21. The van der Waals surface area contributed by atoms with Crippen molar-refractivity contribution >= 4 is 29.0 Å². The highest BCUT2D eigenvalue weighted by atomic mass is 32.2. The maximum Gasteiger partial charge on any atom is 0.441 e. The lowest BCUT2D eigenvalue weighted by Crippen LogP contribution is -2.06. The van der Waals surface area contributed by atoms with E-state index in [9.17, 15) is 18.0 Å². The van der Waals surface area contributed by atoms with Crippen molar-refractivity contribution in [1.82, 2.24) is 4.57 Å². The number of alkyl halides is 3. The predicted octanol–water partition coefficient (Wildman–Crippen LogP) is 3.71. The first-order valence-electron chi connectivity index (χ1n) is 5.25. The van der Waals surface area contributed by atoms with Gasteiger partial charge in [0.1, 0.15) is 0 Å². The number of nitrogens with zero attached hydrogens (tertiary/aromatic N) is 1. The van der Waals surface area contributed by atoms with Gasteiger partial charge in [0, 0.05) is 35.0 Å². The van der Waals surface area contributed by atoms with Crippen LogP contribution < -0.4 is 0 Å². The zero-order chi connectivity index (χ0) is 13.2. The summed E-state index contributed by atoms with van der Waals surface area (Å²) in [5, 5.41) is 0.768. The minimum atomic E-state index is -4.21. The fourth-order valence-electron chi connectivity index (χ4n) is 1.81. The van der Waals surface area contributed by atoms with E-state index in [1.807, 2.05) is 0 Å². The molecule has 0 amide bonds. The third kappa shape index (κ3) is 2.87. The molecule has 0 unspecified atom stereocenters. The first-order chi connectivity index (χ1) is 8.51. The molecule has 0 aliphatic heterocycles. The van der Waals surface area contributed by atoms with Gasteiger partial charge in [0.2, 0.25) is 0 Å². The van der Waals surface area contributed by atoms with Crippen LogP contribution >= 0.6 is 11.8 Å². The van der Waals surface area contributed by atoms with E-state index in [1.165, 1.54) is 0 Å². The van der Waals surface area contributed by atoms with Crippen LogP contribution in [0.25, 0.3) is 10.9 Å². The number of carbonyl (C=O) groups excluding carboxylic acids is 1. The van der Waals surface area contributed by atoms with Crippen molar-refractivity contribution in [3.05, 3.63) is 36.0 Å². The number of aryl methyl sites for hydroxylation is 1. The summed E-state index contributed by atoms with van der Waals surface area (Å²) < 4.78 is 37.8. The molecule has 0 N–H and O–H groups in total. The first kappa shape index (κ1) is 13.0. The lowest BCUT2D eigenvalue weighted by atomic mass is 10.2. The Kier molecular flexibility index (Phi) is 3.65. The lowest BCUT2D eigenvalue weighted by molar-refractivity contribution is -0.0328. The van der Waals surface area contributed by atoms with Gasteiger partial charge in [-0.1, -0.05) is 18.2 Å². The molecule has 18 heavy (non-hydrogen) atoms. The maximum atomic E-state index is 12.0. The third-order valence-corrected chi connectivity index (χ3v) is 3.26. The first-order valence-corrected chi connectivity index (χ1v) is 6.23. The molecule has 0 saturated heterocycles. The third-order valence-electron chi connectivity index (χ3n) is 2.54. The number of para-hydroxylation sites is 1. The average molecular weight is 273 g/mol. The van der Waals surface area contributed by atoms with E-state index < -0.39 is 5.51 Å². The van der Waals surface area contributed by atoms with Gasteiger partial charge in [-0.2, -0.15) is 13.2 Å². The molecule has 0 bridgehead atoms. The topological polar surface area (TPSA) is 22.0 Å². The number of rotatable bonds is 4. The highest BCUT2D eigenvalue weighted by Crippen LogP contribution is 2.30. The van der Waals surface area contributed by atoms with Gasteiger partial charge in [0.05, 0.1) is 0 Å². The molecule has 2 rings (SSSR count). The number of aromatic nitrogens is 1. The fourth-order valence-corrected chi connectivity index (χ4v) is 2.33. The molecule has 0 fully saturated rings. The smallest absolute Gasteiger partial charge is 0.346 e. The summed E-state index contributed by atoms with van der Waals surface area (Å²) in [6, 6.07) is 7.17. The predicted molar refractivity (Wildman–Crippen MR) is 65.8 cm³/mol. The van der Waals surface area contributed by atoms with Gasteiger partial charge in [-0.05, 0) is 17.8 Å². The summed E-state index contributed by atoms with van der Waals surface area (Å²) in [5.41, 5.74) is -2.93. The van der Waals surface area contributed by atoms with Crippen LogP contribution in [-0.4, -0.2) is 22.1 Å². The molecule has 0 radical (unpaired) electrons. The maximum absolute atomic E-state index is 12.0. The molecule has 2 aromatic rings. The molecule has 1 heterocycles. The van der Waals surface area contributed by atoms with E-state index in [0.29, 0.717) is 5.56 Å². The summed E-state index contributed by atoms with van der Waals surface area (Å²) in [4.78, 5) is 10.9. The van der Waals surface area contributed by atoms with Gasteiger partial charge in [-0.25, -0.2) is 0 Å². The zero-order valence-corrected chi connectivity index (χ0v) is 10.1. The van der Waals surface area contributed by atoms with Crippen LogP contribution in [0.5, 0.6) is 0 Å². The Hall–Kier alpha value is -1.43. The number of fused-ring (bicyclic) bond motifs is 1. The second kappa shape index (κ2) is 5.06. The van der Waals surface area contributed by atoms with Crippen molar-refractivity contribution in [2.75, 3.05) is 5.75 Å². The quantitative estimate of drug-likeness (QED) is 0.792. The number of halogens is 3. The highest BCUT2D eigenvalue weighted by Gasteiger charge is 2.27. The molecule has 1 aromatic carbocycles. The Labute approximate surface area is 106 Å². The summed E-state index contributed by atoms with van der Waals surface area (Å²) in [7, 11) is 0. The van der Waals surface area contributed by atoms with Crippen molar-refractivity contribution in [3.8, 4) is 0 Å². The van der Waals surface area contributed by atoms with Crippen LogP contribution in [0.2, 0.25) is 0 Å². The molecule has 2 nitrogen and oxygen atoms in total. The number of thioether (sulfide) groups is 1. The van der Waals surface area contributed by atoms with Crippen LogP contribution in [0.4, 0.5) is 13.2 Å². The van der Waals surface area contributed by atoms with Crippen LogP contribution in [-0.2, 0) is 6.54 Å². The molecule has 0 aliphatic rings. The summed E-state index contributed by atoms with van der Waals surface area (Å²) >= 11 is -0.0553. The summed E-state index contributed by atoms with van der Waals surface area (Å²) in [5.74, 6) is -0.0690. The largest absolute Gasteiger partial charge is 0.441 e. The molecule has 0 spiro atoms. The summed E-state index contributed by atoms with van der Waals surface area (Å²) in [6.45, 7) is 0.221. The Morgan fingerprint density at radius 3 is 2.67 bits per heavy atom. The monoisotopic (exact) mass is 273 g/mol. The highest BCUT2D eigenvalue weighted by molar-refractivity contribution is 8.00. The molecule has 6 heteroatoms. The Morgan fingerprint density at radius 1 is 1.28 bits per heavy atom. The second-order valence-electron chi connectivity index (χ2n) is 3.71. The van der Waals surface area contributed by atoms with Gasteiger partial charge in [0.15, 0.2) is 6.29 Å². The van der Waals surface area contributed by atoms with Crippen LogP contribution in [0.1, 0.15) is 10.4 Å². The fraction of sp³-hybridized carbons (Fsp3) is 0.250. The van der Waals surface area contributed by atoms with Gasteiger partial charge in [0.25, 0.3) is 0 Å². The van der Waals surface area contributed by atoms with Gasteiger partial charge in [-0.3, -0.25) is 4.79 Å². The van der Waals surface area contributed by atoms with Crippen molar-refractivity contribution in [2.24, 2.45) is 0 Å². The number of hydrogen-bond donors (Lipinski definition) is 0. The Bertz CT molecular complexity index is 562. The van der Waals surface area contributed by atoms with E-state index in [2.05, 4.69) is 0 Å². The molecule has 0 atom stereocenters. The number of hydrogen-bond acceptors (Lipinski definition) is 2. The van der Waals surface area contributed by atoms with E-state index in [0.717, 1.165) is 17.2 Å². The molecule has 1 aromatic heterocycles. The van der Waals surface area contributed by atoms with E-state index in [4.69, 9.17) is 0 Å². The SMILES string of the molecule is O=Cc1cn(CCSC(F)(F)F)c2ccccc12. The van der Waals surface area contributed by atoms with Gasteiger partial charge < -0.3 is 4.57 Å². The zero-order valence-electron chi connectivity index (χ0n) is 9.28. The Morgan fingerprint density at radius 2 is 2.00 bits per heavy atom. The molecule has 0 saturated carbocycles. The minimum Gasteiger partial charge on any atom is -0.346 e. The van der Waals surface area contributed by atoms with Gasteiger partial charge >= 0.3 is 5.51 Å². The van der Waals surface area contributed by atoms with Crippen molar-refractivity contribution in [2.45, 2.75) is 12.1 Å². The normalized spacial score (nSPS) is 11.9. The van der Waals surface area contributed by atoms with Crippen molar-refractivity contribution in [1.29, 1.82) is 0 Å². The lowest BCUT2D eigenvalue weighted by Gasteiger charge is -2.07. The molecule has 0 aliphatic carbocycles. The standard InChI is InChI=1S/C12H10F3NOS/c13-12(14,15)18-6-5-16-7-9(8-17)10-3-1-2-4-11(10)16/h1-4,7-8H,5-6H2. The minimum absolute atomic E-state index is 0.0553. The van der Waals surface area contributed by atoms with Crippen LogP contribution in [0.15, 0.2) is 30.5 Å². The number of carbonyl (C=O) groups is 1. The van der Waals surface area contributed by atoms with Crippen LogP contribution in [0, 0.1) is 0 Å². The average Bonchev–Trinajstić information content (AvgIpc) is 2.66. The van der Waals surface area contributed by atoms with Gasteiger partial charge in [-0.15, -0.1) is 0 Å². The molecular formula is C12H10F3NOS. The van der Waals surface area contributed by atoms with Crippen molar-refractivity contribution in [3.63, 3.8) is 0 Å². The molecule has 96 valence electrons. The van der Waals surface area contributed by atoms with E-state index in [1.54, 1.807) is 35.0 Å². The summed E-state index contributed by atoms with van der Waals surface area (Å²) in [6.07, 6.45) is 2.31. The van der Waals surface area contributed by atoms with Crippen LogP contribution in [0.3, 0.4) is 0 Å². The number of benzene rings is 1. The molecular weight excluding hydrogens is 263 g/mol.